The fourth-order valence-electron chi connectivity index (χ4n) is 3.80. The van der Waals surface area contributed by atoms with Crippen molar-refractivity contribution in [1.29, 1.82) is 0 Å². The number of amides is 4. The van der Waals surface area contributed by atoms with Gasteiger partial charge in [0.1, 0.15) is 5.60 Å². The maximum atomic E-state index is 13.1. The number of alkyl carbamates (subject to hydrolysis) is 1. The zero-order chi connectivity index (χ0) is 26.1. The molecule has 0 aliphatic carbocycles. The van der Waals surface area contributed by atoms with E-state index in [1.165, 1.54) is 6.20 Å². The van der Waals surface area contributed by atoms with Gasteiger partial charge in [0, 0.05) is 49.8 Å². The highest BCUT2D eigenvalue weighted by molar-refractivity contribution is 6.05. The molecule has 0 saturated carbocycles. The van der Waals surface area contributed by atoms with E-state index in [1.54, 1.807) is 68.3 Å². The van der Waals surface area contributed by atoms with Gasteiger partial charge in [0.05, 0.1) is 11.5 Å². The number of ether oxygens (including phenoxy) is 1. The highest BCUT2D eigenvalue weighted by Crippen LogP contribution is 2.20. The minimum atomic E-state index is -0.587. The van der Waals surface area contributed by atoms with E-state index in [0.29, 0.717) is 42.7 Å². The predicted molar refractivity (Wildman–Crippen MR) is 135 cm³/mol. The van der Waals surface area contributed by atoms with Crippen molar-refractivity contribution in [2.45, 2.75) is 39.2 Å². The van der Waals surface area contributed by atoms with Gasteiger partial charge >= 0.3 is 6.09 Å². The van der Waals surface area contributed by atoms with Crippen LogP contribution >= 0.6 is 0 Å². The Hall–Kier alpha value is -3.95. The quantitative estimate of drug-likeness (QED) is 0.507. The van der Waals surface area contributed by atoms with Gasteiger partial charge in [-0.2, -0.15) is 0 Å². The second-order valence-corrected chi connectivity index (χ2v) is 9.59. The number of pyridine rings is 1. The van der Waals surface area contributed by atoms with Crippen LogP contribution in [-0.4, -0.2) is 65.5 Å². The Morgan fingerprint density at radius 3 is 2.53 bits per heavy atom. The first-order valence-electron chi connectivity index (χ1n) is 12.0. The lowest BCUT2D eigenvalue weighted by Crippen LogP contribution is -2.46. The summed E-state index contributed by atoms with van der Waals surface area (Å²) in [5.41, 5.74) is 0.760. The summed E-state index contributed by atoms with van der Waals surface area (Å²) in [5, 5.41) is 8.20. The molecule has 1 aromatic heterocycles. The largest absolute Gasteiger partial charge is 0.444 e. The van der Waals surface area contributed by atoms with Crippen LogP contribution in [0.2, 0.25) is 0 Å². The second-order valence-electron chi connectivity index (χ2n) is 9.59. The lowest BCUT2D eigenvalue weighted by molar-refractivity contribution is -0.126. The zero-order valence-electron chi connectivity index (χ0n) is 20.9. The van der Waals surface area contributed by atoms with E-state index in [-0.39, 0.29) is 36.7 Å². The molecule has 1 unspecified atom stereocenters. The lowest BCUT2D eigenvalue weighted by atomic mass is 9.96. The number of nitrogens with zero attached hydrogens (tertiary/aromatic N) is 2. The molecule has 3 rings (SSSR count). The number of hydrogen-bond donors (Lipinski definition) is 3. The third-order valence-corrected chi connectivity index (χ3v) is 5.46. The van der Waals surface area contributed by atoms with Crippen molar-refractivity contribution in [3.63, 3.8) is 0 Å². The Labute approximate surface area is 210 Å². The maximum Gasteiger partial charge on any atom is 0.407 e. The Balaban J connectivity index is 1.50. The van der Waals surface area contributed by atoms with Crippen molar-refractivity contribution in [3.05, 3.63) is 59.9 Å². The molecule has 10 heteroatoms. The van der Waals surface area contributed by atoms with E-state index in [4.69, 9.17) is 4.74 Å². The van der Waals surface area contributed by atoms with Gasteiger partial charge in [-0.1, -0.05) is 6.07 Å². The van der Waals surface area contributed by atoms with Gasteiger partial charge < -0.3 is 25.6 Å². The summed E-state index contributed by atoms with van der Waals surface area (Å²) in [5.74, 6) is -1.01. The number of piperidine rings is 1. The number of likely N-dealkylation sites (tertiary alicyclic amines) is 1. The van der Waals surface area contributed by atoms with Gasteiger partial charge in [-0.3, -0.25) is 19.4 Å². The average Bonchev–Trinajstić information content (AvgIpc) is 2.85. The number of benzene rings is 1. The SMILES string of the molecule is CC(C)(C)OC(=O)NCCNC(=O)C1CCCN(C(=O)c2cccc(NC(=O)c3cccnc3)c2)C1. The fourth-order valence-corrected chi connectivity index (χ4v) is 3.80. The highest BCUT2D eigenvalue weighted by Gasteiger charge is 2.29. The Morgan fingerprint density at radius 2 is 1.81 bits per heavy atom. The maximum absolute atomic E-state index is 13.1. The van der Waals surface area contributed by atoms with E-state index in [1.807, 2.05) is 0 Å². The van der Waals surface area contributed by atoms with Crippen LogP contribution in [0.3, 0.4) is 0 Å². The molecule has 0 spiro atoms. The molecule has 10 nitrogen and oxygen atoms in total. The molecule has 192 valence electrons. The van der Waals surface area contributed by atoms with Crippen LogP contribution in [0, 0.1) is 5.92 Å². The number of aromatic nitrogens is 1. The number of rotatable bonds is 7. The summed E-state index contributed by atoms with van der Waals surface area (Å²) >= 11 is 0. The number of anilines is 1. The summed E-state index contributed by atoms with van der Waals surface area (Å²) < 4.78 is 5.16. The van der Waals surface area contributed by atoms with E-state index in [0.717, 1.165) is 0 Å². The molecule has 1 aromatic carbocycles. The molecule has 2 aromatic rings. The molecule has 0 bridgehead atoms. The van der Waals surface area contributed by atoms with E-state index in [2.05, 4.69) is 20.9 Å². The van der Waals surface area contributed by atoms with Gasteiger partial charge in [0.2, 0.25) is 5.91 Å². The smallest absolute Gasteiger partial charge is 0.407 e. The first kappa shape index (κ1) is 26.7. The van der Waals surface area contributed by atoms with Crippen molar-refractivity contribution in [1.82, 2.24) is 20.5 Å². The van der Waals surface area contributed by atoms with Crippen LogP contribution in [-0.2, 0) is 9.53 Å². The monoisotopic (exact) mass is 495 g/mol. The van der Waals surface area contributed by atoms with Crippen LogP contribution in [0.4, 0.5) is 10.5 Å². The summed E-state index contributed by atoms with van der Waals surface area (Å²) in [6.45, 7) is 6.69. The molecule has 0 radical (unpaired) electrons. The molecule has 36 heavy (non-hydrogen) atoms. The third kappa shape index (κ3) is 8.07. The molecule has 1 fully saturated rings. The van der Waals surface area contributed by atoms with E-state index in [9.17, 15) is 19.2 Å². The number of nitrogens with one attached hydrogen (secondary N) is 3. The lowest BCUT2D eigenvalue weighted by Gasteiger charge is -2.32. The minimum Gasteiger partial charge on any atom is -0.444 e. The summed E-state index contributed by atoms with van der Waals surface area (Å²) in [4.78, 5) is 55.5. The average molecular weight is 496 g/mol. The predicted octanol–water partition coefficient (Wildman–Crippen LogP) is 2.83. The highest BCUT2D eigenvalue weighted by atomic mass is 16.6. The van der Waals surface area contributed by atoms with Gasteiger partial charge in [-0.25, -0.2) is 4.79 Å². The topological polar surface area (TPSA) is 130 Å². The molecule has 4 amide bonds. The van der Waals surface area contributed by atoms with E-state index < -0.39 is 11.7 Å². The van der Waals surface area contributed by atoms with Crippen molar-refractivity contribution >= 4 is 29.5 Å². The standard InChI is InChI=1S/C26H33N5O5/c1-26(2,3)36-25(35)29-13-12-28-22(32)20-9-6-14-31(17-20)24(34)18-7-4-10-21(15-18)30-23(33)19-8-5-11-27-16-19/h4-5,7-8,10-11,15-16,20H,6,9,12-14,17H2,1-3H3,(H,28,32)(H,29,35)(H,30,33). The Morgan fingerprint density at radius 1 is 1.06 bits per heavy atom. The molecular formula is C26H33N5O5. The number of carbonyl (C=O) groups is 4. The Bertz CT molecular complexity index is 1080. The molecule has 1 aliphatic rings. The van der Waals surface area contributed by atoms with Crippen molar-refractivity contribution in [3.8, 4) is 0 Å². The van der Waals surface area contributed by atoms with Crippen molar-refractivity contribution in [2.75, 3.05) is 31.5 Å². The van der Waals surface area contributed by atoms with Crippen LogP contribution < -0.4 is 16.0 Å². The minimum absolute atomic E-state index is 0.157. The summed E-state index contributed by atoms with van der Waals surface area (Å²) in [6, 6.07) is 10.1. The molecule has 1 aliphatic heterocycles. The molecular weight excluding hydrogens is 462 g/mol. The van der Waals surface area contributed by atoms with Gasteiger partial charge in [0.15, 0.2) is 0 Å². The van der Waals surface area contributed by atoms with Gasteiger partial charge in [-0.15, -0.1) is 0 Å². The van der Waals surface area contributed by atoms with Crippen LogP contribution in [0.15, 0.2) is 48.8 Å². The van der Waals surface area contributed by atoms with Gasteiger partial charge in [0.25, 0.3) is 11.8 Å². The molecule has 1 atom stereocenters. The third-order valence-electron chi connectivity index (χ3n) is 5.46. The normalized spacial score (nSPS) is 15.5. The van der Waals surface area contributed by atoms with Crippen LogP contribution in [0.1, 0.15) is 54.3 Å². The molecule has 2 heterocycles. The summed E-state index contributed by atoms with van der Waals surface area (Å²) in [7, 11) is 0. The molecule has 3 N–H and O–H groups in total. The fraction of sp³-hybridized carbons (Fsp3) is 0.423. The van der Waals surface area contributed by atoms with Gasteiger partial charge in [-0.05, 0) is 63.9 Å². The number of hydrogen-bond acceptors (Lipinski definition) is 6. The second kappa shape index (κ2) is 12.1. The van der Waals surface area contributed by atoms with Crippen molar-refractivity contribution < 1.29 is 23.9 Å². The summed E-state index contributed by atoms with van der Waals surface area (Å²) in [6.07, 6.45) is 3.90. The van der Waals surface area contributed by atoms with E-state index >= 15 is 0 Å². The molecule has 1 saturated heterocycles. The zero-order valence-corrected chi connectivity index (χ0v) is 20.9. The number of carbonyl (C=O) groups excluding carboxylic acids is 4. The first-order chi connectivity index (χ1) is 17.1. The first-order valence-corrected chi connectivity index (χ1v) is 12.0. The Kier molecular flexibility index (Phi) is 8.99. The van der Waals surface area contributed by atoms with Crippen LogP contribution in [0.25, 0.3) is 0 Å². The van der Waals surface area contributed by atoms with Crippen LogP contribution in [0.5, 0.6) is 0 Å². The van der Waals surface area contributed by atoms with Crippen molar-refractivity contribution in [2.24, 2.45) is 5.92 Å².